The molecule has 1 saturated heterocycles. The maximum absolute atomic E-state index is 12.4. The third kappa shape index (κ3) is 5.03. The van der Waals surface area contributed by atoms with Crippen LogP contribution in [0.4, 0.5) is 0 Å². The van der Waals surface area contributed by atoms with Gasteiger partial charge in [-0.2, -0.15) is 0 Å². The Labute approximate surface area is 142 Å². The van der Waals surface area contributed by atoms with Crippen LogP contribution in [0.25, 0.3) is 0 Å². The van der Waals surface area contributed by atoms with Crippen LogP contribution >= 0.6 is 11.3 Å². The number of amides is 1. The number of likely N-dealkylation sites (tertiary alicyclic amines) is 1. The molecule has 0 N–H and O–H groups in total. The first kappa shape index (κ1) is 17.9. The van der Waals surface area contributed by atoms with E-state index in [-0.39, 0.29) is 17.3 Å². The van der Waals surface area contributed by atoms with Crippen LogP contribution in [0.5, 0.6) is 0 Å². The van der Waals surface area contributed by atoms with Gasteiger partial charge < -0.3 is 9.64 Å². The second-order valence-corrected chi connectivity index (χ2v) is 8.20. The van der Waals surface area contributed by atoms with Gasteiger partial charge in [-0.25, -0.2) is 9.78 Å². The maximum atomic E-state index is 12.4. The zero-order chi connectivity index (χ0) is 17.0. The number of esters is 1. The summed E-state index contributed by atoms with van der Waals surface area (Å²) in [5.74, 6) is -0.220. The molecule has 6 heteroatoms. The summed E-state index contributed by atoms with van der Waals surface area (Å²) in [6.07, 6.45) is 2.71. The molecular weight excluding hydrogens is 312 g/mol. The first-order valence-corrected chi connectivity index (χ1v) is 9.01. The largest absolute Gasteiger partial charge is 0.464 e. The maximum Gasteiger partial charge on any atom is 0.328 e. The van der Waals surface area contributed by atoms with E-state index in [4.69, 9.17) is 4.74 Å². The number of thiazole rings is 1. The lowest BCUT2D eigenvalue weighted by molar-refractivity contribution is -0.153. The van der Waals surface area contributed by atoms with Crippen molar-refractivity contribution in [1.82, 2.24) is 9.88 Å². The summed E-state index contributed by atoms with van der Waals surface area (Å²) in [4.78, 5) is 31.7. The highest BCUT2D eigenvalue weighted by atomic mass is 32.1. The molecule has 0 bridgehead atoms. The van der Waals surface area contributed by atoms with Crippen LogP contribution in [-0.4, -0.2) is 41.0 Å². The third-order valence-electron chi connectivity index (χ3n) is 3.95. The summed E-state index contributed by atoms with van der Waals surface area (Å²) in [7, 11) is 0. The summed E-state index contributed by atoms with van der Waals surface area (Å²) in [5.41, 5.74) is 2.72. The molecule has 0 aromatic carbocycles. The number of nitrogens with zero attached hydrogens (tertiary/aromatic N) is 2. The fraction of sp³-hybridized carbons (Fsp3) is 0.706. The number of hydrogen-bond acceptors (Lipinski definition) is 5. The van der Waals surface area contributed by atoms with Gasteiger partial charge in [0.2, 0.25) is 5.91 Å². The van der Waals surface area contributed by atoms with Crippen LogP contribution in [0.1, 0.15) is 50.6 Å². The quantitative estimate of drug-likeness (QED) is 0.775. The summed E-state index contributed by atoms with van der Waals surface area (Å²) in [6, 6.07) is -0.410. The Kier molecular flexibility index (Phi) is 5.79. The van der Waals surface area contributed by atoms with Crippen molar-refractivity contribution >= 4 is 23.2 Å². The molecule has 0 saturated carbocycles. The van der Waals surface area contributed by atoms with E-state index in [0.717, 1.165) is 17.0 Å². The average molecular weight is 338 g/mol. The van der Waals surface area contributed by atoms with Crippen LogP contribution < -0.4 is 0 Å². The fourth-order valence-corrected chi connectivity index (χ4v) is 3.53. The topological polar surface area (TPSA) is 59.5 Å². The molecule has 1 aromatic heterocycles. The second-order valence-electron chi connectivity index (χ2n) is 7.26. The number of hydrogen-bond donors (Lipinski definition) is 0. The molecule has 0 spiro atoms. The second kappa shape index (κ2) is 7.43. The van der Waals surface area contributed by atoms with E-state index in [1.54, 1.807) is 21.7 Å². The zero-order valence-corrected chi connectivity index (χ0v) is 15.2. The molecule has 5 nitrogen and oxygen atoms in total. The Balaban J connectivity index is 1.85. The van der Waals surface area contributed by atoms with E-state index >= 15 is 0 Å². The number of carbonyl (C=O) groups excluding carboxylic acids is 2. The van der Waals surface area contributed by atoms with Crippen LogP contribution in [-0.2, 0) is 20.7 Å². The molecule has 0 unspecified atom stereocenters. The molecule has 1 atom stereocenters. The van der Waals surface area contributed by atoms with Gasteiger partial charge >= 0.3 is 5.97 Å². The molecule has 2 heterocycles. The van der Waals surface area contributed by atoms with E-state index in [1.807, 2.05) is 27.7 Å². The van der Waals surface area contributed by atoms with E-state index < -0.39 is 6.04 Å². The minimum atomic E-state index is -0.410. The smallest absolute Gasteiger partial charge is 0.328 e. The number of aromatic nitrogens is 1. The Morgan fingerprint density at radius 1 is 1.43 bits per heavy atom. The first-order valence-electron chi connectivity index (χ1n) is 8.13. The number of carbonyl (C=O) groups is 2. The zero-order valence-electron chi connectivity index (χ0n) is 14.4. The summed E-state index contributed by atoms with van der Waals surface area (Å²) in [6.45, 7) is 9.06. The van der Waals surface area contributed by atoms with Gasteiger partial charge in [-0.3, -0.25) is 4.79 Å². The van der Waals surface area contributed by atoms with Gasteiger partial charge in [-0.05, 0) is 25.2 Å². The minimum absolute atomic E-state index is 0.0512. The van der Waals surface area contributed by atoms with Crippen molar-refractivity contribution in [3.05, 3.63) is 16.1 Å². The van der Waals surface area contributed by atoms with Crippen LogP contribution in [0.3, 0.4) is 0 Å². The van der Waals surface area contributed by atoms with Crippen molar-refractivity contribution in [2.45, 2.75) is 59.4 Å². The van der Waals surface area contributed by atoms with Crippen LogP contribution in [0, 0.1) is 12.3 Å². The van der Waals surface area contributed by atoms with Gasteiger partial charge in [0.1, 0.15) is 6.04 Å². The molecule has 1 amide bonds. The van der Waals surface area contributed by atoms with Crippen molar-refractivity contribution in [3.63, 3.8) is 0 Å². The minimum Gasteiger partial charge on any atom is -0.464 e. The SMILES string of the molecule is Cc1ncsc1CCOC(=O)[C@H]1CCCN1C(=O)CC(C)(C)C. The standard InChI is InChI=1S/C17H26N2O3S/c1-12-14(23-11-18-12)7-9-22-16(21)13-6-5-8-19(13)15(20)10-17(2,3)4/h11,13H,5-10H2,1-4H3/t13-/m1/s1. The van der Waals surface area contributed by atoms with Gasteiger partial charge in [0, 0.05) is 24.3 Å². The summed E-state index contributed by atoms with van der Waals surface area (Å²) < 4.78 is 5.41. The Bertz CT molecular complexity index is 562. The van der Waals surface area contributed by atoms with Gasteiger partial charge in [-0.15, -0.1) is 11.3 Å². The lowest BCUT2D eigenvalue weighted by Gasteiger charge is -2.27. The summed E-state index contributed by atoms with van der Waals surface area (Å²) >= 11 is 1.58. The number of ether oxygens (including phenoxy) is 1. The molecule has 23 heavy (non-hydrogen) atoms. The van der Waals surface area contributed by atoms with E-state index in [1.165, 1.54) is 0 Å². The van der Waals surface area contributed by atoms with Gasteiger partial charge in [0.05, 0.1) is 17.8 Å². The van der Waals surface area contributed by atoms with E-state index in [0.29, 0.717) is 32.4 Å². The molecule has 2 rings (SSSR count). The predicted molar refractivity (Wildman–Crippen MR) is 90.3 cm³/mol. The highest BCUT2D eigenvalue weighted by molar-refractivity contribution is 7.09. The van der Waals surface area contributed by atoms with Crippen molar-refractivity contribution < 1.29 is 14.3 Å². The monoisotopic (exact) mass is 338 g/mol. The Morgan fingerprint density at radius 2 is 2.17 bits per heavy atom. The summed E-state index contributed by atoms with van der Waals surface area (Å²) in [5, 5.41) is 0. The third-order valence-corrected chi connectivity index (χ3v) is 4.94. The fourth-order valence-electron chi connectivity index (χ4n) is 2.77. The highest BCUT2D eigenvalue weighted by Gasteiger charge is 2.36. The van der Waals surface area contributed by atoms with E-state index in [2.05, 4.69) is 4.98 Å². The molecule has 1 aliphatic heterocycles. The Morgan fingerprint density at radius 3 is 2.78 bits per heavy atom. The van der Waals surface area contributed by atoms with Gasteiger partial charge in [0.15, 0.2) is 0 Å². The molecule has 1 fully saturated rings. The lowest BCUT2D eigenvalue weighted by atomic mass is 9.91. The van der Waals surface area contributed by atoms with Crippen molar-refractivity contribution in [2.75, 3.05) is 13.2 Å². The first-order chi connectivity index (χ1) is 10.8. The van der Waals surface area contributed by atoms with Crippen molar-refractivity contribution in [1.29, 1.82) is 0 Å². The number of aryl methyl sites for hydroxylation is 1. The van der Waals surface area contributed by atoms with Gasteiger partial charge in [0.25, 0.3) is 0 Å². The lowest BCUT2D eigenvalue weighted by Crippen LogP contribution is -2.42. The van der Waals surface area contributed by atoms with Crippen molar-refractivity contribution in [2.24, 2.45) is 5.41 Å². The van der Waals surface area contributed by atoms with Crippen LogP contribution in [0.2, 0.25) is 0 Å². The van der Waals surface area contributed by atoms with Crippen molar-refractivity contribution in [3.8, 4) is 0 Å². The molecular formula is C17H26N2O3S. The Hall–Kier alpha value is -1.43. The van der Waals surface area contributed by atoms with Crippen LogP contribution in [0.15, 0.2) is 5.51 Å². The average Bonchev–Trinajstić information content (AvgIpc) is 3.06. The molecule has 0 radical (unpaired) electrons. The van der Waals surface area contributed by atoms with Gasteiger partial charge in [-0.1, -0.05) is 20.8 Å². The molecule has 0 aliphatic carbocycles. The molecule has 1 aromatic rings. The molecule has 128 valence electrons. The normalized spacial score (nSPS) is 18.3. The molecule has 1 aliphatic rings. The number of rotatable bonds is 5. The highest BCUT2D eigenvalue weighted by Crippen LogP contribution is 2.25. The van der Waals surface area contributed by atoms with E-state index in [9.17, 15) is 9.59 Å². The predicted octanol–water partition coefficient (Wildman–Crippen LogP) is 2.96.